The minimum absolute atomic E-state index is 0.231. The highest BCUT2D eigenvalue weighted by molar-refractivity contribution is 5.81. The van der Waals surface area contributed by atoms with E-state index in [2.05, 4.69) is 21.7 Å². The van der Waals surface area contributed by atoms with Crippen LogP contribution in [0.2, 0.25) is 0 Å². The van der Waals surface area contributed by atoms with Crippen LogP contribution >= 0.6 is 0 Å². The van der Waals surface area contributed by atoms with E-state index in [-0.39, 0.29) is 5.82 Å². The Morgan fingerprint density at radius 1 is 1.10 bits per heavy atom. The molecule has 2 aromatic carbocycles. The van der Waals surface area contributed by atoms with Crippen molar-refractivity contribution in [2.24, 2.45) is 0 Å². The highest BCUT2D eigenvalue weighted by Gasteiger charge is 2.19. The van der Waals surface area contributed by atoms with E-state index in [0.717, 1.165) is 59.2 Å². The van der Waals surface area contributed by atoms with Crippen molar-refractivity contribution in [1.29, 1.82) is 0 Å². The molecule has 4 aromatic rings. The molecular formula is C25H23FN4O. The largest absolute Gasteiger partial charge is 0.495 e. The number of ether oxygens (including phenoxy) is 1. The Hall–Kier alpha value is -3.67. The van der Waals surface area contributed by atoms with E-state index in [1.165, 1.54) is 17.7 Å². The van der Waals surface area contributed by atoms with Gasteiger partial charge in [0.05, 0.1) is 36.7 Å². The van der Waals surface area contributed by atoms with Crippen LogP contribution in [0.5, 0.6) is 5.75 Å². The van der Waals surface area contributed by atoms with E-state index in [0.29, 0.717) is 0 Å². The van der Waals surface area contributed by atoms with Gasteiger partial charge in [-0.3, -0.25) is 0 Å². The molecule has 1 aliphatic rings. The lowest BCUT2D eigenvalue weighted by molar-refractivity contribution is 0.413. The number of aromatic nitrogens is 4. The van der Waals surface area contributed by atoms with Crippen molar-refractivity contribution >= 4 is 11.6 Å². The van der Waals surface area contributed by atoms with Gasteiger partial charge in [0.1, 0.15) is 17.4 Å². The maximum absolute atomic E-state index is 13.3. The van der Waals surface area contributed by atoms with Gasteiger partial charge in [-0.2, -0.15) is 0 Å². The lowest BCUT2D eigenvalue weighted by atomic mass is 10.0. The summed E-state index contributed by atoms with van der Waals surface area (Å²) in [5.74, 6) is 1.53. The van der Waals surface area contributed by atoms with Crippen LogP contribution in [0.4, 0.5) is 4.39 Å². The Balaban J connectivity index is 1.51. The highest BCUT2D eigenvalue weighted by Crippen LogP contribution is 2.33. The number of rotatable bonds is 4. The van der Waals surface area contributed by atoms with Gasteiger partial charge in [-0.15, -0.1) is 0 Å². The SMILES string of the molecule is COc1cc(C=C2CCCn3c(-c4ccc(F)cc4)cnc32)ccc1-n1cnc(C)c1. The number of imidazole rings is 2. The van der Waals surface area contributed by atoms with Gasteiger partial charge < -0.3 is 13.9 Å². The van der Waals surface area contributed by atoms with Gasteiger partial charge in [-0.25, -0.2) is 14.4 Å². The number of aryl methyl sites for hydroxylation is 1. The summed E-state index contributed by atoms with van der Waals surface area (Å²) in [4.78, 5) is 9.01. The number of benzene rings is 2. The highest BCUT2D eigenvalue weighted by atomic mass is 19.1. The predicted molar refractivity (Wildman–Crippen MR) is 120 cm³/mol. The molecule has 0 radical (unpaired) electrons. The first kappa shape index (κ1) is 19.3. The fourth-order valence-electron chi connectivity index (χ4n) is 4.14. The number of hydrogen-bond acceptors (Lipinski definition) is 3. The van der Waals surface area contributed by atoms with E-state index in [1.54, 1.807) is 25.6 Å². The third kappa shape index (κ3) is 3.65. The number of allylic oxidation sites excluding steroid dienone is 1. The Morgan fingerprint density at radius 2 is 1.94 bits per heavy atom. The van der Waals surface area contributed by atoms with Crippen molar-refractivity contribution < 1.29 is 9.13 Å². The zero-order valence-corrected chi connectivity index (χ0v) is 17.5. The van der Waals surface area contributed by atoms with Gasteiger partial charge in [0.2, 0.25) is 0 Å². The second-order valence-corrected chi connectivity index (χ2v) is 7.75. The Kier molecular flexibility index (Phi) is 4.90. The number of fused-ring (bicyclic) bond motifs is 1. The average molecular weight is 414 g/mol. The molecule has 0 saturated carbocycles. The Morgan fingerprint density at radius 3 is 2.68 bits per heavy atom. The molecule has 0 bridgehead atoms. The van der Waals surface area contributed by atoms with Crippen LogP contribution in [-0.2, 0) is 6.54 Å². The summed E-state index contributed by atoms with van der Waals surface area (Å²) < 4.78 is 23.2. The molecule has 1 aliphatic heterocycles. The predicted octanol–water partition coefficient (Wildman–Crippen LogP) is 5.53. The van der Waals surface area contributed by atoms with Crippen LogP contribution in [-0.4, -0.2) is 26.2 Å². The van der Waals surface area contributed by atoms with E-state index in [9.17, 15) is 4.39 Å². The summed E-state index contributed by atoms with van der Waals surface area (Å²) in [6.45, 7) is 2.87. The third-order valence-corrected chi connectivity index (χ3v) is 5.65. The molecule has 5 rings (SSSR count). The van der Waals surface area contributed by atoms with E-state index in [1.807, 2.05) is 36.0 Å². The molecule has 0 N–H and O–H groups in total. The molecule has 2 aromatic heterocycles. The maximum atomic E-state index is 13.3. The minimum atomic E-state index is -0.231. The normalized spacial score (nSPS) is 14.6. The van der Waals surface area contributed by atoms with Crippen LogP contribution in [0.1, 0.15) is 29.9 Å². The first-order valence-corrected chi connectivity index (χ1v) is 10.3. The average Bonchev–Trinajstić information content (AvgIpc) is 3.41. The van der Waals surface area contributed by atoms with Crippen LogP contribution in [0, 0.1) is 12.7 Å². The fraction of sp³-hybridized carbons (Fsp3) is 0.200. The lowest BCUT2D eigenvalue weighted by Gasteiger charge is -2.20. The van der Waals surface area contributed by atoms with Gasteiger partial charge in [-0.05, 0) is 78.9 Å². The zero-order chi connectivity index (χ0) is 21.4. The Labute approximate surface area is 180 Å². The molecular weight excluding hydrogens is 391 g/mol. The summed E-state index contributed by atoms with van der Waals surface area (Å²) >= 11 is 0. The second-order valence-electron chi connectivity index (χ2n) is 7.75. The number of halogens is 1. The van der Waals surface area contributed by atoms with Gasteiger partial charge >= 0.3 is 0 Å². The third-order valence-electron chi connectivity index (χ3n) is 5.65. The van der Waals surface area contributed by atoms with E-state index >= 15 is 0 Å². The molecule has 0 spiro atoms. The Bertz CT molecular complexity index is 1270. The summed E-state index contributed by atoms with van der Waals surface area (Å²) in [5.41, 5.74) is 6.15. The minimum Gasteiger partial charge on any atom is -0.495 e. The van der Waals surface area contributed by atoms with Gasteiger partial charge in [-0.1, -0.05) is 6.07 Å². The monoisotopic (exact) mass is 414 g/mol. The summed E-state index contributed by atoms with van der Waals surface area (Å²) in [5, 5.41) is 0. The van der Waals surface area contributed by atoms with Crippen LogP contribution in [0.15, 0.2) is 61.2 Å². The van der Waals surface area contributed by atoms with Gasteiger partial charge in [0.15, 0.2) is 0 Å². The molecule has 0 fully saturated rings. The lowest BCUT2D eigenvalue weighted by Crippen LogP contribution is -2.11. The number of hydrogen-bond donors (Lipinski definition) is 0. The van der Waals surface area contributed by atoms with Crippen LogP contribution in [0.25, 0.3) is 28.6 Å². The topological polar surface area (TPSA) is 44.9 Å². The molecule has 0 amide bonds. The summed E-state index contributed by atoms with van der Waals surface area (Å²) in [6, 6.07) is 12.8. The smallest absolute Gasteiger partial charge is 0.143 e. The summed E-state index contributed by atoms with van der Waals surface area (Å²) in [7, 11) is 1.68. The fourth-order valence-corrected chi connectivity index (χ4v) is 4.14. The first-order valence-electron chi connectivity index (χ1n) is 10.3. The molecule has 0 aliphatic carbocycles. The molecule has 0 atom stereocenters. The molecule has 6 heteroatoms. The van der Waals surface area contributed by atoms with Crippen LogP contribution < -0.4 is 4.74 Å². The van der Waals surface area contributed by atoms with Crippen molar-refractivity contribution in [3.8, 4) is 22.7 Å². The van der Waals surface area contributed by atoms with Crippen molar-refractivity contribution in [2.45, 2.75) is 26.3 Å². The van der Waals surface area contributed by atoms with Crippen molar-refractivity contribution in [1.82, 2.24) is 19.1 Å². The standard InChI is InChI=1S/C25H23FN4O/c1-17-15-29(16-28-17)22-10-5-18(13-24(22)31-2)12-20-4-3-11-30-23(14-27-25(20)30)19-6-8-21(26)9-7-19/h5-10,12-16H,3-4,11H2,1-2H3. The zero-order valence-electron chi connectivity index (χ0n) is 17.5. The second kappa shape index (κ2) is 7.87. The van der Waals surface area contributed by atoms with Crippen molar-refractivity contribution in [2.75, 3.05) is 7.11 Å². The maximum Gasteiger partial charge on any atom is 0.143 e. The molecule has 5 nitrogen and oxygen atoms in total. The molecule has 156 valence electrons. The summed E-state index contributed by atoms with van der Waals surface area (Å²) in [6.07, 6.45) is 9.83. The molecule has 0 saturated heterocycles. The van der Waals surface area contributed by atoms with Gasteiger partial charge in [0, 0.05) is 12.7 Å². The number of nitrogens with zero attached hydrogens (tertiary/aromatic N) is 4. The molecule has 0 unspecified atom stereocenters. The van der Waals surface area contributed by atoms with E-state index < -0.39 is 0 Å². The van der Waals surface area contributed by atoms with E-state index in [4.69, 9.17) is 9.72 Å². The van der Waals surface area contributed by atoms with Gasteiger partial charge in [0.25, 0.3) is 0 Å². The quantitative estimate of drug-likeness (QED) is 0.441. The number of methoxy groups -OCH3 is 1. The molecule has 31 heavy (non-hydrogen) atoms. The first-order chi connectivity index (χ1) is 15.1. The van der Waals surface area contributed by atoms with Crippen molar-refractivity contribution in [3.05, 3.63) is 84.1 Å². The van der Waals surface area contributed by atoms with Crippen molar-refractivity contribution in [3.63, 3.8) is 0 Å². The molecule has 3 heterocycles. The van der Waals surface area contributed by atoms with Crippen LogP contribution in [0.3, 0.4) is 0 Å².